The molecule has 0 radical (unpaired) electrons. The van der Waals surface area contributed by atoms with Crippen LogP contribution in [0.2, 0.25) is 0 Å². The predicted molar refractivity (Wildman–Crippen MR) is 61.1 cm³/mol. The first kappa shape index (κ1) is 10.7. The molecular weight excluding hydrogens is 258 g/mol. The van der Waals surface area contributed by atoms with Gasteiger partial charge in [0.1, 0.15) is 5.69 Å². The average molecular weight is 272 g/mol. The van der Waals surface area contributed by atoms with E-state index < -0.39 is 0 Å². The van der Waals surface area contributed by atoms with Crippen LogP contribution in [0, 0.1) is 0 Å². The van der Waals surface area contributed by atoms with Gasteiger partial charge in [-0.15, -0.1) is 0 Å². The maximum atomic E-state index is 11.9. The van der Waals surface area contributed by atoms with Crippen LogP contribution in [-0.4, -0.2) is 26.3 Å². The zero-order valence-electron chi connectivity index (χ0n) is 8.66. The lowest BCUT2D eigenvalue weighted by Gasteiger charge is -2.41. The van der Waals surface area contributed by atoms with Gasteiger partial charge in [-0.25, -0.2) is 4.98 Å². The maximum Gasteiger partial charge on any atom is 0.270 e. The van der Waals surface area contributed by atoms with Gasteiger partial charge in [0.05, 0.1) is 18.1 Å². The Morgan fingerprint density at radius 2 is 2.47 bits per heavy atom. The van der Waals surface area contributed by atoms with E-state index in [0.29, 0.717) is 5.69 Å². The summed E-state index contributed by atoms with van der Waals surface area (Å²) in [6.45, 7) is 0. The molecule has 0 unspecified atom stereocenters. The topological polar surface area (TPSA) is 46.9 Å². The zero-order chi connectivity index (χ0) is 10.9. The lowest BCUT2D eigenvalue weighted by atomic mass is 9.78. The molecule has 1 aromatic rings. The van der Waals surface area contributed by atoms with E-state index >= 15 is 0 Å². The summed E-state index contributed by atoms with van der Waals surface area (Å²) in [6.07, 6.45) is 6.54. The number of imidazole rings is 1. The van der Waals surface area contributed by atoms with Crippen LogP contribution in [0.15, 0.2) is 12.5 Å². The number of hydrogen-bond acceptors (Lipinski definition) is 2. The maximum absolute atomic E-state index is 11.9. The van der Waals surface area contributed by atoms with Crippen LogP contribution in [0.25, 0.3) is 0 Å². The van der Waals surface area contributed by atoms with Crippen molar-refractivity contribution in [2.24, 2.45) is 7.05 Å². The molecule has 0 aliphatic heterocycles. The zero-order valence-corrected chi connectivity index (χ0v) is 10.2. The highest BCUT2D eigenvalue weighted by Gasteiger charge is 2.37. The van der Waals surface area contributed by atoms with E-state index in [1.807, 2.05) is 7.05 Å². The summed E-state index contributed by atoms with van der Waals surface area (Å²) in [5.74, 6) is -0.0332. The summed E-state index contributed by atoms with van der Waals surface area (Å²) in [5, 5.41) is 3.90. The quantitative estimate of drug-likeness (QED) is 0.847. The number of nitrogens with one attached hydrogen (secondary N) is 1. The van der Waals surface area contributed by atoms with Crippen molar-refractivity contribution in [1.29, 1.82) is 0 Å². The van der Waals surface area contributed by atoms with Crippen LogP contribution in [0.5, 0.6) is 0 Å². The highest BCUT2D eigenvalue weighted by atomic mass is 79.9. The van der Waals surface area contributed by atoms with Gasteiger partial charge in [0.2, 0.25) is 0 Å². The van der Waals surface area contributed by atoms with Crippen LogP contribution < -0.4 is 5.32 Å². The molecule has 0 atom stereocenters. The Bertz CT molecular complexity index is 365. The molecule has 1 amide bonds. The molecule has 1 aromatic heterocycles. The monoisotopic (exact) mass is 271 g/mol. The fourth-order valence-electron chi connectivity index (χ4n) is 1.78. The summed E-state index contributed by atoms with van der Waals surface area (Å²) in [5.41, 5.74) is 0.587. The van der Waals surface area contributed by atoms with Crippen LogP contribution in [0.4, 0.5) is 0 Å². The van der Waals surface area contributed by atoms with Crippen LogP contribution in [-0.2, 0) is 7.05 Å². The lowest BCUT2D eigenvalue weighted by Crippen LogP contribution is -2.55. The largest absolute Gasteiger partial charge is 0.344 e. The summed E-state index contributed by atoms with van der Waals surface area (Å²) >= 11 is 3.46. The molecule has 1 fully saturated rings. The normalized spacial score (nSPS) is 18.3. The minimum absolute atomic E-state index is 0.0264. The Labute approximate surface area is 97.2 Å². The fourth-order valence-corrected chi connectivity index (χ4v) is 2.48. The van der Waals surface area contributed by atoms with E-state index in [4.69, 9.17) is 0 Å². The molecule has 4 nitrogen and oxygen atoms in total. The first-order valence-electron chi connectivity index (χ1n) is 5.02. The van der Waals surface area contributed by atoms with Gasteiger partial charge < -0.3 is 9.88 Å². The molecule has 0 saturated heterocycles. The summed E-state index contributed by atoms with van der Waals surface area (Å²) in [4.78, 5) is 15.8. The van der Waals surface area contributed by atoms with Crippen molar-refractivity contribution in [3.63, 3.8) is 0 Å². The van der Waals surface area contributed by atoms with Crippen LogP contribution >= 0.6 is 15.9 Å². The average Bonchev–Trinajstić information content (AvgIpc) is 2.58. The fraction of sp³-hybridized carbons (Fsp3) is 0.600. The minimum Gasteiger partial charge on any atom is -0.344 e. The summed E-state index contributed by atoms with van der Waals surface area (Å²) < 4.78 is 1.73. The summed E-state index contributed by atoms with van der Waals surface area (Å²) in [6, 6.07) is 0. The van der Waals surface area contributed by atoms with Gasteiger partial charge in [0.15, 0.2) is 0 Å². The third-order valence-corrected chi connectivity index (χ3v) is 4.07. The van der Waals surface area contributed by atoms with Gasteiger partial charge in [0, 0.05) is 12.4 Å². The third-order valence-electron chi connectivity index (χ3n) is 2.99. The van der Waals surface area contributed by atoms with Crippen molar-refractivity contribution in [1.82, 2.24) is 14.9 Å². The Hall–Kier alpha value is -0.840. The Balaban J connectivity index is 2.07. The second-order valence-corrected chi connectivity index (χ2v) is 4.67. The van der Waals surface area contributed by atoms with E-state index in [-0.39, 0.29) is 11.4 Å². The Morgan fingerprint density at radius 3 is 2.87 bits per heavy atom. The van der Waals surface area contributed by atoms with Gasteiger partial charge in [-0.1, -0.05) is 15.9 Å². The molecule has 1 aliphatic carbocycles. The molecule has 82 valence electrons. The van der Waals surface area contributed by atoms with E-state index in [1.54, 1.807) is 17.1 Å². The number of hydrogen-bond donors (Lipinski definition) is 1. The van der Waals surface area contributed by atoms with Crippen LogP contribution in [0.1, 0.15) is 29.8 Å². The Kier molecular flexibility index (Phi) is 2.82. The van der Waals surface area contributed by atoms with Crippen molar-refractivity contribution >= 4 is 21.8 Å². The van der Waals surface area contributed by atoms with Crippen molar-refractivity contribution in [3.05, 3.63) is 18.2 Å². The lowest BCUT2D eigenvalue weighted by molar-refractivity contribution is 0.0848. The number of nitrogens with zero attached hydrogens (tertiary/aromatic N) is 2. The highest BCUT2D eigenvalue weighted by molar-refractivity contribution is 9.09. The van der Waals surface area contributed by atoms with Gasteiger partial charge in [-0.3, -0.25) is 4.79 Å². The molecule has 5 heteroatoms. The number of carbonyl (C=O) groups excluding carboxylic acids is 1. The van der Waals surface area contributed by atoms with Gasteiger partial charge in [-0.2, -0.15) is 0 Å². The molecular formula is C10H14BrN3O. The smallest absolute Gasteiger partial charge is 0.270 e. The molecule has 1 aliphatic rings. The van der Waals surface area contributed by atoms with E-state index in [2.05, 4.69) is 26.2 Å². The molecule has 0 spiro atoms. The van der Waals surface area contributed by atoms with Crippen molar-refractivity contribution in [2.45, 2.75) is 24.8 Å². The first-order chi connectivity index (χ1) is 7.17. The predicted octanol–water partition coefficient (Wildman–Crippen LogP) is 1.47. The van der Waals surface area contributed by atoms with Gasteiger partial charge in [0.25, 0.3) is 5.91 Å². The number of carbonyl (C=O) groups is 1. The molecule has 1 N–H and O–H groups in total. The standard InChI is InChI=1S/C10H14BrN3O/c1-14-7-12-5-8(14)9(15)13-10(6-11)3-2-4-10/h5,7H,2-4,6H2,1H3,(H,13,15). The van der Waals surface area contributed by atoms with Crippen molar-refractivity contribution in [2.75, 3.05) is 5.33 Å². The molecule has 0 bridgehead atoms. The number of aryl methyl sites for hydroxylation is 1. The number of aromatic nitrogens is 2. The first-order valence-corrected chi connectivity index (χ1v) is 6.14. The summed E-state index contributed by atoms with van der Waals surface area (Å²) in [7, 11) is 1.82. The molecule has 2 rings (SSSR count). The molecule has 0 aromatic carbocycles. The molecule has 1 heterocycles. The number of alkyl halides is 1. The minimum atomic E-state index is -0.0332. The van der Waals surface area contributed by atoms with Crippen molar-refractivity contribution in [3.8, 4) is 0 Å². The highest BCUT2D eigenvalue weighted by Crippen LogP contribution is 2.33. The van der Waals surface area contributed by atoms with Crippen molar-refractivity contribution < 1.29 is 4.79 Å². The van der Waals surface area contributed by atoms with E-state index in [0.717, 1.165) is 18.2 Å². The van der Waals surface area contributed by atoms with Gasteiger partial charge in [-0.05, 0) is 19.3 Å². The number of amides is 1. The van der Waals surface area contributed by atoms with E-state index in [9.17, 15) is 4.79 Å². The van der Waals surface area contributed by atoms with E-state index in [1.165, 1.54) is 6.42 Å². The second kappa shape index (κ2) is 3.96. The second-order valence-electron chi connectivity index (χ2n) is 4.11. The number of halogens is 1. The van der Waals surface area contributed by atoms with Gasteiger partial charge >= 0.3 is 0 Å². The van der Waals surface area contributed by atoms with Crippen LogP contribution in [0.3, 0.4) is 0 Å². The SMILES string of the molecule is Cn1cncc1C(=O)NC1(CBr)CCC1. The molecule has 1 saturated carbocycles. The molecule has 15 heavy (non-hydrogen) atoms. The Morgan fingerprint density at radius 1 is 1.73 bits per heavy atom. The third kappa shape index (κ3) is 1.93. The number of rotatable bonds is 3.